The zero-order chi connectivity index (χ0) is 9.26. The summed E-state index contributed by atoms with van der Waals surface area (Å²) < 4.78 is 1.76. The monoisotopic (exact) mass is 176 g/mol. The van der Waals surface area contributed by atoms with Crippen molar-refractivity contribution in [3.05, 3.63) is 35.0 Å². The number of nitrogens with zero attached hydrogens (tertiary/aromatic N) is 3. The van der Waals surface area contributed by atoms with E-state index in [-0.39, 0.29) is 5.56 Å². The summed E-state index contributed by atoms with van der Waals surface area (Å²) in [4.78, 5) is 13.5. The summed E-state index contributed by atoms with van der Waals surface area (Å²) in [7, 11) is 1.83. The molecule has 2 rings (SSSR count). The topological polar surface area (TPSA) is 63.6 Å². The van der Waals surface area contributed by atoms with Gasteiger partial charge in [-0.3, -0.25) is 4.79 Å². The summed E-state index contributed by atoms with van der Waals surface area (Å²) in [5.74, 6) is 0.686. The summed E-state index contributed by atoms with van der Waals surface area (Å²) in [5, 5.41) is 7.62. The number of aromatic nitrogens is 4. The number of hydrogen-bond acceptors (Lipinski definition) is 3. The Morgan fingerprint density at radius 2 is 2.38 bits per heavy atom. The first kappa shape index (κ1) is 7.72. The van der Waals surface area contributed by atoms with E-state index < -0.39 is 0 Å². The number of pyridine rings is 1. The van der Waals surface area contributed by atoms with Crippen LogP contribution in [0.25, 0.3) is 11.4 Å². The Morgan fingerprint density at radius 1 is 1.54 bits per heavy atom. The molecule has 13 heavy (non-hydrogen) atoms. The molecule has 0 bridgehead atoms. The number of nitrogens with one attached hydrogen (secondary N) is 1. The molecule has 0 aliphatic heterocycles. The van der Waals surface area contributed by atoms with Crippen molar-refractivity contribution in [3.63, 3.8) is 0 Å². The quantitative estimate of drug-likeness (QED) is 0.673. The molecule has 5 heteroatoms. The third-order valence-electron chi connectivity index (χ3n) is 1.74. The van der Waals surface area contributed by atoms with Gasteiger partial charge in [-0.25, -0.2) is 0 Å². The lowest BCUT2D eigenvalue weighted by atomic mass is 10.2. The molecule has 0 aromatic carbocycles. The van der Waals surface area contributed by atoms with E-state index >= 15 is 0 Å². The highest BCUT2D eigenvalue weighted by Crippen LogP contribution is 2.11. The van der Waals surface area contributed by atoms with Gasteiger partial charge in [-0.15, -0.1) is 10.2 Å². The summed E-state index contributed by atoms with van der Waals surface area (Å²) in [6.45, 7) is 0. The molecule has 0 aliphatic carbocycles. The van der Waals surface area contributed by atoms with Crippen molar-refractivity contribution < 1.29 is 0 Å². The van der Waals surface area contributed by atoms with Crippen LogP contribution >= 0.6 is 0 Å². The summed E-state index contributed by atoms with van der Waals surface area (Å²) in [6, 6.07) is 3.27. The third kappa shape index (κ3) is 1.35. The van der Waals surface area contributed by atoms with Gasteiger partial charge in [-0.1, -0.05) is 0 Å². The number of aryl methyl sites for hydroxylation is 1. The minimum Gasteiger partial charge on any atom is -0.329 e. The van der Waals surface area contributed by atoms with Crippen molar-refractivity contribution in [2.24, 2.45) is 7.05 Å². The van der Waals surface area contributed by atoms with Crippen LogP contribution in [-0.4, -0.2) is 19.7 Å². The fourth-order valence-electron chi connectivity index (χ4n) is 1.13. The van der Waals surface area contributed by atoms with E-state index in [0.29, 0.717) is 5.82 Å². The van der Waals surface area contributed by atoms with Crippen LogP contribution in [0.4, 0.5) is 0 Å². The van der Waals surface area contributed by atoms with Crippen LogP contribution in [0.1, 0.15) is 0 Å². The van der Waals surface area contributed by atoms with Gasteiger partial charge in [0, 0.05) is 24.9 Å². The second-order valence-corrected chi connectivity index (χ2v) is 2.71. The molecule has 0 aliphatic rings. The molecular weight excluding hydrogens is 168 g/mol. The Labute approximate surface area is 74.1 Å². The Morgan fingerprint density at radius 3 is 3.00 bits per heavy atom. The Hall–Kier alpha value is -1.91. The SMILES string of the molecule is Cn1cnnc1-c1cc[nH]c(=O)c1. The molecule has 2 aromatic rings. The molecule has 0 saturated heterocycles. The second-order valence-electron chi connectivity index (χ2n) is 2.71. The van der Waals surface area contributed by atoms with Gasteiger partial charge in [0.05, 0.1) is 0 Å². The molecule has 0 fully saturated rings. The lowest BCUT2D eigenvalue weighted by molar-refractivity contribution is 0.919. The van der Waals surface area contributed by atoms with Crippen molar-refractivity contribution in [1.82, 2.24) is 19.7 Å². The molecule has 2 aromatic heterocycles. The molecule has 0 spiro atoms. The Bertz CT molecular complexity index is 471. The first-order valence-electron chi connectivity index (χ1n) is 3.80. The normalized spacial score (nSPS) is 10.2. The van der Waals surface area contributed by atoms with E-state index in [9.17, 15) is 4.79 Å². The number of aromatic amines is 1. The Kier molecular flexibility index (Phi) is 1.70. The van der Waals surface area contributed by atoms with Gasteiger partial charge in [0.15, 0.2) is 5.82 Å². The highest BCUT2D eigenvalue weighted by Gasteiger charge is 2.03. The van der Waals surface area contributed by atoms with Crippen molar-refractivity contribution in [1.29, 1.82) is 0 Å². The van der Waals surface area contributed by atoms with Crippen molar-refractivity contribution in [3.8, 4) is 11.4 Å². The van der Waals surface area contributed by atoms with Gasteiger partial charge < -0.3 is 9.55 Å². The van der Waals surface area contributed by atoms with Crippen LogP contribution in [0.3, 0.4) is 0 Å². The average Bonchev–Trinajstić information content (AvgIpc) is 2.51. The lowest BCUT2D eigenvalue weighted by Gasteiger charge is -1.97. The average molecular weight is 176 g/mol. The maximum absolute atomic E-state index is 11.0. The summed E-state index contributed by atoms with van der Waals surface area (Å²) >= 11 is 0. The maximum Gasteiger partial charge on any atom is 0.248 e. The number of rotatable bonds is 1. The third-order valence-corrected chi connectivity index (χ3v) is 1.74. The number of hydrogen-bond donors (Lipinski definition) is 1. The van der Waals surface area contributed by atoms with Gasteiger partial charge in [0.1, 0.15) is 6.33 Å². The van der Waals surface area contributed by atoms with Gasteiger partial charge in [-0.2, -0.15) is 0 Å². The van der Waals surface area contributed by atoms with Gasteiger partial charge >= 0.3 is 0 Å². The van der Waals surface area contributed by atoms with E-state index in [1.807, 2.05) is 7.05 Å². The predicted octanol–water partition coefficient (Wildman–Crippen LogP) is 0.170. The Balaban J connectivity index is 2.59. The number of H-pyrrole nitrogens is 1. The molecular formula is C8H8N4O. The molecule has 0 unspecified atom stereocenters. The summed E-state index contributed by atoms with van der Waals surface area (Å²) in [5.41, 5.74) is 0.629. The molecule has 0 radical (unpaired) electrons. The minimum absolute atomic E-state index is 0.138. The largest absolute Gasteiger partial charge is 0.329 e. The molecule has 0 atom stereocenters. The molecule has 0 saturated carbocycles. The molecule has 0 amide bonds. The predicted molar refractivity (Wildman–Crippen MR) is 47.1 cm³/mol. The smallest absolute Gasteiger partial charge is 0.248 e. The van der Waals surface area contributed by atoms with Crippen LogP contribution in [0.2, 0.25) is 0 Å². The summed E-state index contributed by atoms with van der Waals surface area (Å²) in [6.07, 6.45) is 3.18. The van der Waals surface area contributed by atoms with E-state index in [1.54, 1.807) is 23.2 Å². The van der Waals surface area contributed by atoms with Crippen LogP contribution in [0.5, 0.6) is 0 Å². The van der Waals surface area contributed by atoms with E-state index in [2.05, 4.69) is 15.2 Å². The molecule has 2 heterocycles. The first-order valence-corrected chi connectivity index (χ1v) is 3.80. The minimum atomic E-state index is -0.138. The van der Waals surface area contributed by atoms with Crippen LogP contribution in [0.15, 0.2) is 29.5 Å². The highest BCUT2D eigenvalue weighted by molar-refractivity contribution is 5.53. The van der Waals surface area contributed by atoms with E-state index in [1.165, 1.54) is 6.07 Å². The van der Waals surface area contributed by atoms with Gasteiger partial charge in [-0.05, 0) is 6.07 Å². The van der Waals surface area contributed by atoms with Gasteiger partial charge in [0.25, 0.3) is 0 Å². The van der Waals surface area contributed by atoms with Crippen LogP contribution in [-0.2, 0) is 7.05 Å². The maximum atomic E-state index is 11.0. The van der Waals surface area contributed by atoms with Gasteiger partial charge in [0.2, 0.25) is 5.56 Å². The second kappa shape index (κ2) is 2.85. The van der Waals surface area contributed by atoms with Crippen LogP contribution in [0, 0.1) is 0 Å². The molecule has 1 N–H and O–H groups in total. The van der Waals surface area contributed by atoms with Crippen molar-refractivity contribution >= 4 is 0 Å². The fraction of sp³-hybridized carbons (Fsp3) is 0.125. The van der Waals surface area contributed by atoms with E-state index in [0.717, 1.165) is 5.56 Å². The lowest BCUT2D eigenvalue weighted by Crippen LogP contribution is -2.03. The first-order chi connectivity index (χ1) is 6.27. The van der Waals surface area contributed by atoms with Crippen molar-refractivity contribution in [2.75, 3.05) is 0 Å². The molecule has 66 valence electrons. The van der Waals surface area contributed by atoms with Crippen molar-refractivity contribution in [2.45, 2.75) is 0 Å². The highest BCUT2D eigenvalue weighted by atomic mass is 16.1. The van der Waals surface area contributed by atoms with E-state index in [4.69, 9.17) is 0 Å². The molecule has 5 nitrogen and oxygen atoms in total. The van der Waals surface area contributed by atoms with Crippen LogP contribution < -0.4 is 5.56 Å². The zero-order valence-electron chi connectivity index (χ0n) is 7.06. The fourth-order valence-corrected chi connectivity index (χ4v) is 1.13. The standard InChI is InChI=1S/C8H8N4O/c1-12-5-10-11-8(12)6-2-3-9-7(13)4-6/h2-5H,1H3,(H,9,13). The zero-order valence-corrected chi connectivity index (χ0v) is 7.06.